The summed E-state index contributed by atoms with van der Waals surface area (Å²) in [6, 6.07) is 15.9. The number of hydrogen-bond donors (Lipinski definition) is 6. The summed E-state index contributed by atoms with van der Waals surface area (Å²) in [6.07, 6.45) is -10.7. The number of halogens is 1. The Morgan fingerprint density at radius 3 is 2.19 bits per heavy atom. The highest BCUT2D eigenvalue weighted by Gasteiger charge is 2.77. The quantitative estimate of drug-likeness (QED) is 0.109. The van der Waals surface area contributed by atoms with Gasteiger partial charge in [0.15, 0.2) is 17.5 Å². The molecule has 316 valence electrons. The summed E-state index contributed by atoms with van der Waals surface area (Å²) >= 11 is 3.24. The van der Waals surface area contributed by atoms with Gasteiger partial charge in [0, 0.05) is 31.1 Å². The molecule has 1 unspecified atom stereocenters. The molecule has 4 aliphatic rings. The number of hydrogen-bond acceptors (Lipinski definition) is 13. The van der Waals surface area contributed by atoms with Crippen molar-refractivity contribution in [1.82, 2.24) is 5.32 Å². The second-order valence-electron chi connectivity index (χ2n) is 17.2. The fourth-order valence-corrected chi connectivity index (χ4v) is 9.78. The maximum absolute atomic E-state index is 15.0. The van der Waals surface area contributed by atoms with E-state index in [0.717, 1.165) is 0 Å². The first-order valence-corrected chi connectivity index (χ1v) is 20.3. The van der Waals surface area contributed by atoms with Crippen LogP contribution in [-0.4, -0.2) is 114 Å². The fraction of sp³-hybridized carbons (Fsp3) is 0.581. The number of nitrogens with one attached hydrogen (secondary N) is 1. The molecule has 0 radical (unpaired) electrons. The van der Waals surface area contributed by atoms with Crippen molar-refractivity contribution in [2.24, 2.45) is 16.7 Å². The Kier molecular flexibility index (Phi) is 12.0. The van der Waals surface area contributed by atoms with Crippen molar-refractivity contribution < 1.29 is 63.7 Å². The number of alkyl halides is 1. The average molecular weight is 873 g/mol. The first-order valence-electron chi connectivity index (χ1n) is 19.5. The highest BCUT2D eigenvalue weighted by Crippen LogP contribution is 2.64. The van der Waals surface area contributed by atoms with Crippen LogP contribution >= 0.6 is 15.9 Å². The zero-order valence-electron chi connectivity index (χ0n) is 33.7. The Morgan fingerprint density at radius 1 is 1.03 bits per heavy atom. The van der Waals surface area contributed by atoms with Gasteiger partial charge in [0.2, 0.25) is 5.91 Å². The number of aliphatic hydroxyl groups excluding tert-OH is 4. The number of rotatable bonds is 11. The van der Waals surface area contributed by atoms with E-state index in [1.807, 2.05) is 18.2 Å². The van der Waals surface area contributed by atoms with E-state index in [1.54, 1.807) is 63.2 Å². The molecule has 1 aliphatic heterocycles. The summed E-state index contributed by atoms with van der Waals surface area (Å²) in [7, 11) is 0. The predicted molar refractivity (Wildman–Crippen MR) is 211 cm³/mol. The number of Topliss-reactive ketones (excluding diaryl/α,β-unsaturated/α-hetero) is 1. The number of benzene rings is 2. The molecule has 0 spiro atoms. The van der Waals surface area contributed by atoms with Crippen LogP contribution in [0.2, 0.25) is 0 Å². The lowest BCUT2D eigenvalue weighted by Gasteiger charge is -2.67. The van der Waals surface area contributed by atoms with E-state index >= 15 is 0 Å². The Hall–Kier alpha value is -3.54. The van der Waals surface area contributed by atoms with Crippen LogP contribution in [0.15, 0.2) is 71.8 Å². The van der Waals surface area contributed by atoms with Gasteiger partial charge in [-0.3, -0.25) is 14.4 Å². The molecule has 0 aromatic heterocycles. The van der Waals surface area contributed by atoms with Crippen molar-refractivity contribution in [3.63, 3.8) is 0 Å². The zero-order chi connectivity index (χ0) is 42.7. The van der Waals surface area contributed by atoms with Crippen LogP contribution in [0.25, 0.3) is 0 Å². The number of carbonyl (C=O) groups is 4. The van der Waals surface area contributed by atoms with Crippen molar-refractivity contribution >= 4 is 39.6 Å². The number of ether oxygens (including phenoxy) is 4. The molecule has 1 heterocycles. The van der Waals surface area contributed by atoms with Gasteiger partial charge < -0.3 is 49.8 Å². The highest BCUT2D eigenvalue weighted by atomic mass is 79.9. The van der Waals surface area contributed by atoms with Crippen molar-refractivity contribution in [2.75, 3.05) is 6.61 Å². The van der Waals surface area contributed by atoms with Crippen LogP contribution < -0.4 is 5.32 Å². The Labute approximate surface area is 346 Å². The number of carbonyl (C=O) groups excluding carboxylic acids is 4. The highest BCUT2D eigenvalue weighted by molar-refractivity contribution is 9.10. The second-order valence-corrected chi connectivity index (χ2v) is 18.8. The first kappa shape index (κ1) is 44.0. The van der Waals surface area contributed by atoms with Gasteiger partial charge in [0.05, 0.1) is 43.0 Å². The minimum absolute atomic E-state index is 0.0344. The lowest BCUT2D eigenvalue weighted by Crippen LogP contribution is -2.81. The molecule has 14 nitrogen and oxygen atoms in total. The summed E-state index contributed by atoms with van der Waals surface area (Å²) in [6.45, 7) is 10.1. The van der Waals surface area contributed by atoms with E-state index in [2.05, 4.69) is 21.2 Å². The minimum Gasteiger partial charge on any atom is -0.456 e. The van der Waals surface area contributed by atoms with Crippen LogP contribution in [0.1, 0.15) is 78.5 Å². The molecule has 2 aromatic rings. The third-order valence-electron chi connectivity index (χ3n) is 13.4. The van der Waals surface area contributed by atoms with Crippen LogP contribution in [0.5, 0.6) is 0 Å². The lowest BCUT2D eigenvalue weighted by atomic mass is 9.44. The normalized spacial score (nSPS) is 35.3. The Morgan fingerprint density at radius 2 is 1.64 bits per heavy atom. The van der Waals surface area contributed by atoms with E-state index in [4.69, 9.17) is 18.9 Å². The molecule has 1 amide bonds. The van der Waals surface area contributed by atoms with E-state index in [9.17, 15) is 44.7 Å². The molecule has 2 aromatic carbocycles. The van der Waals surface area contributed by atoms with Crippen LogP contribution in [-0.2, 0) is 44.7 Å². The summed E-state index contributed by atoms with van der Waals surface area (Å²) in [4.78, 5) is 55.4. The molecule has 6 rings (SSSR count). The van der Waals surface area contributed by atoms with E-state index in [0.29, 0.717) is 11.1 Å². The second kappa shape index (κ2) is 15.8. The van der Waals surface area contributed by atoms with Gasteiger partial charge in [-0.25, -0.2) is 4.79 Å². The van der Waals surface area contributed by atoms with Gasteiger partial charge in [0.1, 0.15) is 28.2 Å². The van der Waals surface area contributed by atoms with Gasteiger partial charge in [-0.2, -0.15) is 0 Å². The summed E-state index contributed by atoms with van der Waals surface area (Å²) in [5.41, 5.74) is -5.74. The van der Waals surface area contributed by atoms with Gasteiger partial charge in [-0.1, -0.05) is 90.4 Å². The van der Waals surface area contributed by atoms with E-state index < -0.39 is 105 Å². The molecule has 2 bridgehead atoms. The molecule has 2 saturated carbocycles. The van der Waals surface area contributed by atoms with Crippen molar-refractivity contribution in [2.45, 2.75) is 132 Å². The zero-order valence-corrected chi connectivity index (χ0v) is 35.3. The van der Waals surface area contributed by atoms with Crippen LogP contribution in [0.4, 0.5) is 0 Å². The third-order valence-corrected chi connectivity index (χ3v) is 14.5. The summed E-state index contributed by atoms with van der Waals surface area (Å²) < 4.78 is 23.3. The topological polar surface area (TPSA) is 218 Å². The van der Waals surface area contributed by atoms with E-state index in [1.165, 1.54) is 27.7 Å². The standard InChI is InChI=1S/C43H54BrNO13/c1-22-27(57-37(52)33(50)31(26-16-12-9-13-17-26)45-38(53)41(7,44)23(2)46)19-43(54)36(55-20-25-14-10-8-11-15-25)34-40(6,35(51)32(49)30(22)39(43,4)5)28(48)18-29-42(34,21-56-29)58-24(3)47/h8-17,23,27-29,31-34,36,46,48-50,54H,18-21H2,1-7H3,(H,45,53)/t23-,27-,28-,29?,31-,32+,33+,34-,36-,40+,41-,42-,43+/m0/s1. The number of amides is 1. The largest absolute Gasteiger partial charge is 0.456 e. The van der Waals surface area contributed by atoms with Crippen molar-refractivity contribution in [3.05, 3.63) is 82.9 Å². The predicted octanol–water partition coefficient (Wildman–Crippen LogP) is 2.75. The average Bonchev–Trinajstić information content (AvgIpc) is 3.17. The molecule has 3 fully saturated rings. The van der Waals surface area contributed by atoms with Gasteiger partial charge in [0.25, 0.3) is 0 Å². The van der Waals surface area contributed by atoms with Gasteiger partial charge in [-0.15, -0.1) is 0 Å². The number of fused-ring (bicyclic) bond motifs is 5. The number of esters is 2. The van der Waals surface area contributed by atoms with Gasteiger partial charge in [-0.05, 0) is 50.0 Å². The Balaban J connectivity index is 1.47. The molecule has 6 N–H and O–H groups in total. The number of aliphatic hydroxyl groups is 5. The van der Waals surface area contributed by atoms with E-state index in [-0.39, 0.29) is 37.2 Å². The fourth-order valence-electron chi connectivity index (χ4n) is 9.67. The maximum atomic E-state index is 15.0. The molecular weight excluding hydrogens is 818 g/mol. The molecule has 58 heavy (non-hydrogen) atoms. The van der Waals surface area contributed by atoms with Crippen LogP contribution in [0.3, 0.4) is 0 Å². The number of ketones is 1. The Bertz CT molecular complexity index is 1940. The molecule has 3 aliphatic carbocycles. The SMILES string of the molecule is CC(=O)O[C@@]12COC1C[C@H](O)[C@@]1(C)C(=O)[C@H](O)C3=C(C)[C@@H](OC(=O)[C@H](O)[C@@H](NC(=O)[C@@](C)(Br)[C@H](C)O)c4ccccc4)C[C@@](O)([C@@H](OCc4ccccc4)[C@@H]12)C3(C)C. The van der Waals surface area contributed by atoms with Gasteiger partial charge >= 0.3 is 11.9 Å². The first-order chi connectivity index (χ1) is 27.0. The minimum atomic E-state index is -2.13. The lowest BCUT2D eigenvalue weighted by molar-refractivity contribution is -0.351. The monoisotopic (exact) mass is 871 g/mol. The molecule has 15 heteroatoms. The van der Waals surface area contributed by atoms with Crippen LogP contribution in [0, 0.1) is 16.7 Å². The summed E-state index contributed by atoms with van der Waals surface area (Å²) in [5, 5.41) is 62.2. The third kappa shape index (κ3) is 7.04. The maximum Gasteiger partial charge on any atom is 0.338 e. The smallest absolute Gasteiger partial charge is 0.338 e. The molecule has 1 saturated heterocycles. The van der Waals surface area contributed by atoms with Crippen molar-refractivity contribution in [1.29, 1.82) is 0 Å². The molecule has 13 atom stereocenters. The molecular formula is C43H54BrNO13. The summed E-state index contributed by atoms with van der Waals surface area (Å²) in [5.74, 6) is -4.72. The van der Waals surface area contributed by atoms with Crippen molar-refractivity contribution in [3.8, 4) is 0 Å².